The number of ketones is 2. The molecular formula is C23H26O6. The predicted octanol–water partition coefficient (Wildman–Crippen LogP) is 2.83. The summed E-state index contributed by atoms with van der Waals surface area (Å²) >= 11 is 0. The number of carbonyl (C=O) groups excluding carboxylic acids is 3. The van der Waals surface area contributed by atoms with Gasteiger partial charge in [0.05, 0.1) is 24.7 Å². The number of esters is 1. The second-order valence-electron chi connectivity index (χ2n) is 9.62. The van der Waals surface area contributed by atoms with Crippen molar-refractivity contribution >= 4 is 17.5 Å². The van der Waals surface area contributed by atoms with E-state index in [1.807, 2.05) is 20.8 Å². The van der Waals surface area contributed by atoms with E-state index in [4.69, 9.17) is 14.2 Å². The van der Waals surface area contributed by atoms with Crippen molar-refractivity contribution in [3.63, 3.8) is 0 Å². The second-order valence-corrected chi connectivity index (χ2v) is 9.62. The number of hydrogen-bond acceptors (Lipinski definition) is 6. The van der Waals surface area contributed by atoms with Gasteiger partial charge in [0.2, 0.25) is 0 Å². The summed E-state index contributed by atoms with van der Waals surface area (Å²) in [6, 6.07) is 6.74. The van der Waals surface area contributed by atoms with E-state index in [0.717, 1.165) is 0 Å². The number of hydrogen-bond donors (Lipinski definition) is 0. The van der Waals surface area contributed by atoms with Crippen molar-refractivity contribution in [3.8, 4) is 5.75 Å². The summed E-state index contributed by atoms with van der Waals surface area (Å²) in [5.41, 5.74) is -1.62. The molecule has 1 aliphatic heterocycles. The highest BCUT2D eigenvalue weighted by molar-refractivity contribution is 5.97. The molecule has 6 rings (SSSR count). The molecule has 1 heterocycles. The molecule has 1 saturated heterocycles. The van der Waals surface area contributed by atoms with Crippen LogP contribution in [-0.2, 0) is 19.1 Å². The Morgan fingerprint density at radius 1 is 1.17 bits per heavy atom. The van der Waals surface area contributed by atoms with Gasteiger partial charge in [0, 0.05) is 29.6 Å². The van der Waals surface area contributed by atoms with Gasteiger partial charge < -0.3 is 14.2 Å². The zero-order valence-corrected chi connectivity index (χ0v) is 17.2. The molecule has 1 spiro atoms. The van der Waals surface area contributed by atoms with E-state index in [2.05, 4.69) is 0 Å². The highest BCUT2D eigenvalue weighted by Crippen LogP contribution is 2.75. The Morgan fingerprint density at radius 3 is 2.52 bits per heavy atom. The zero-order chi connectivity index (χ0) is 20.8. The highest BCUT2D eigenvalue weighted by atomic mass is 16.6. The van der Waals surface area contributed by atoms with Crippen LogP contribution in [0.25, 0.3) is 0 Å². The molecule has 1 aromatic carbocycles. The molecule has 4 saturated carbocycles. The molecule has 0 radical (unpaired) electrons. The van der Waals surface area contributed by atoms with Crippen LogP contribution in [0.5, 0.6) is 5.75 Å². The zero-order valence-electron chi connectivity index (χ0n) is 17.2. The molecule has 7 unspecified atom stereocenters. The smallest absolute Gasteiger partial charge is 0.338 e. The number of fused-ring (bicyclic) bond motifs is 1. The Bertz CT molecular complexity index is 922. The number of methoxy groups -OCH3 is 1. The van der Waals surface area contributed by atoms with Crippen LogP contribution in [0.2, 0.25) is 0 Å². The Hall–Kier alpha value is -2.21. The van der Waals surface area contributed by atoms with Gasteiger partial charge in [-0.3, -0.25) is 9.59 Å². The van der Waals surface area contributed by atoms with E-state index in [1.165, 1.54) is 0 Å². The van der Waals surface area contributed by atoms with Crippen LogP contribution in [0.15, 0.2) is 24.3 Å². The van der Waals surface area contributed by atoms with Gasteiger partial charge in [-0.15, -0.1) is 0 Å². The summed E-state index contributed by atoms with van der Waals surface area (Å²) in [5, 5.41) is 0. The van der Waals surface area contributed by atoms with Gasteiger partial charge in [-0.25, -0.2) is 4.79 Å². The summed E-state index contributed by atoms with van der Waals surface area (Å²) in [5.74, 6) is 0.148. The molecular weight excluding hydrogens is 372 g/mol. The van der Waals surface area contributed by atoms with Crippen molar-refractivity contribution in [3.05, 3.63) is 29.8 Å². The Balaban J connectivity index is 1.57. The number of carbonyl (C=O) groups is 3. The lowest BCUT2D eigenvalue weighted by molar-refractivity contribution is -0.219. The van der Waals surface area contributed by atoms with Crippen LogP contribution in [0.3, 0.4) is 0 Å². The Morgan fingerprint density at radius 2 is 1.86 bits per heavy atom. The first kappa shape index (κ1) is 18.8. The lowest BCUT2D eigenvalue weighted by Crippen LogP contribution is -2.73. The maximum Gasteiger partial charge on any atom is 0.338 e. The fourth-order valence-electron chi connectivity index (χ4n) is 6.94. The van der Waals surface area contributed by atoms with Crippen LogP contribution in [0.4, 0.5) is 0 Å². The van der Waals surface area contributed by atoms with E-state index >= 15 is 0 Å². The SMILES string of the molecule is COc1ccc(C(=O)OC2C3OCC4(C)C5C(=O)CC(C)C25CC(=O)C34C)cc1. The summed E-state index contributed by atoms with van der Waals surface area (Å²) < 4.78 is 17.4. The first-order valence-electron chi connectivity index (χ1n) is 10.2. The van der Waals surface area contributed by atoms with Gasteiger partial charge in [-0.1, -0.05) is 13.8 Å². The van der Waals surface area contributed by atoms with Gasteiger partial charge in [0.15, 0.2) is 0 Å². The molecule has 7 atom stereocenters. The van der Waals surface area contributed by atoms with Crippen molar-refractivity contribution in [1.29, 1.82) is 0 Å². The average molecular weight is 398 g/mol. The molecule has 154 valence electrons. The lowest BCUT2D eigenvalue weighted by atomic mass is 9.37. The molecule has 1 aromatic rings. The number of benzene rings is 1. The number of rotatable bonds is 3. The minimum absolute atomic E-state index is 0.0361. The Labute approximate surface area is 169 Å². The van der Waals surface area contributed by atoms with Gasteiger partial charge >= 0.3 is 5.97 Å². The molecule has 4 bridgehead atoms. The molecule has 29 heavy (non-hydrogen) atoms. The van der Waals surface area contributed by atoms with Crippen LogP contribution >= 0.6 is 0 Å². The minimum Gasteiger partial charge on any atom is -0.497 e. The monoisotopic (exact) mass is 398 g/mol. The summed E-state index contributed by atoms with van der Waals surface area (Å²) in [6.07, 6.45) is -0.424. The first-order chi connectivity index (χ1) is 13.7. The van der Waals surface area contributed by atoms with Crippen LogP contribution in [-0.4, -0.2) is 43.5 Å². The van der Waals surface area contributed by atoms with Gasteiger partial charge in [-0.2, -0.15) is 0 Å². The van der Waals surface area contributed by atoms with Crippen LogP contribution < -0.4 is 4.74 Å². The topological polar surface area (TPSA) is 78.9 Å². The lowest BCUT2D eigenvalue weighted by Gasteiger charge is -2.64. The number of ether oxygens (including phenoxy) is 3. The number of Topliss-reactive ketones (excluding diaryl/α,β-unsaturated/α-hetero) is 2. The minimum atomic E-state index is -0.815. The highest BCUT2D eigenvalue weighted by Gasteiger charge is 2.83. The van der Waals surface area contributed by atoms with E-state index in [1.54, 1.807) is 31.4 Å². The van der Waals surface area contributed by atoms with Crippen molar-refractivity contribution in [2.75, 3.05) is 13.7 Å². The summed E-state index contributed by atoms with van der Waals surface area (Å²) in [7, 11) is 1.57. The van der Waals surface area contributed by atoms with E-state index < -0.39 is 34.4 Å². The quantitative estimate of drug-likeness (QED) is 0.729. The van der Waals surface area contributed by atoms with E-state index in [9.17, 15) is 14.4 Å². The fourth-order valence-corrected chi connectivity index (χ4v) is 6.94. The van der Waals surface area contributed by atoms with E-state index in [0.29, 0.717) is 24.3 Å². The Kier molecular flexibility index (Phi) is 3.69. The third-order valence-electron chi connectivity index (χ3n) is 8.65. The molecule has 5 aliphatic rings. The third kappa shape index (κ3) is 1.98. The standard InChI is InChI=1S/C23H26O6/c1-12-9-15(24)17-21(2)11-28-18-19(23(12,17)10-16(25)22(18,21)3)29-20(26)13-5-7-14(27-4)8-6-13/h5-8,12,17-19H,9-11H2,1-4H3. The largest absolute Gasteiger partial charge is 0.497 e. The fraction of sp³-hybridized carbons (Fsp3) is 0.609. The summed E-state index contributed by atoms with van der Waals surface area (Å²) in [6.45, 7) is 6.28. The normalized spacial score (nSPS) is 44.7. The van der Waals surface area contributed by atoms with Crippen LogP contribution in [0, 0.1) is 28.1 Å². The summed E-state index contributed by atoms with van der Waals surface area (Å²) in [4.78, 5) is 39.4. The van der Waals surface area contributed by atoms with Crippen molar-refractivity contribution < 1.29 is 28.6 Å². The van der Waals surface area contributed by atoms with Crippen molar-refractivity contribution in [1.82, 2.24) is 0 Å². The van der Waals surface area contributed by atoms with Gasteiger partial charge in [0.1, 0.15) is 29.5 Å². The molecule has 0 N–H and O–H groups in total. The maximum absolute atomic E-state index is 13.3. The molecule has 6 nitrogen and oxygen atoms in total. The first-order valence-corrected chi connectivity index (χ1v) is 10.2. The van der Waals surface area contributed by atoms with Gasteiger partial charge in [0.25, 0.3) is 0 Å². The third-order valence-corrected chi connectivity index (χ3v) is 8.65. The maximum atomic E-state index is 13.3. The molecule has 0 aromatic heterocycles. The van der Waals surface area contributed by atoms with Gasteiger partial charge in [-0.05, 0) is 37.1 Å². The molecule has 0 amide bonds. The van der Waals surface area contributed by atoms with E-state index in [-0.39, 0.29) is 29.8 Å². The van der Waals surface area contributed by atoms with Crippen molar-refractivity contribution in [2.24, 2.45) is 28.1 Å². The van der Waals surface area contributed by atoms with Crippen LogP contribution in [0.1, 0.15) is 44.0 Å². The molecule has 6 heteroatoms. The van der Waals surface area contributed by atoms with Crippen molar-refractivity contribution in [2.45, 2.75) is 45.8 Å². The predicted molar refractivity (Wildman–Crippen MR) is 102 cm³/mol. The second kappa shape index (κ2) is 5.69. The molecule has 4 aliphatic carbocycles. The molecule has 5 fully saturated rings. The average Bonchev–Trinajstić information content (AvgIpc) is 3.07.